The number of rotatable bonds is 5. The average molecular weight is 408 g/mol. The Hall–Kier alpha value is -2.75. The first kappa shape index (κ1) is 20.6. The van der Waals surface area contributed by atoms with Crippen LogP contribution in [0.25, 0.3) is 5.69 Å². The van der Waals surface area contributed by atoms with E-state index in [-0.39, 0.29) is 18.3 Å². The van der Waals surface area contributed by atoms with Crippen molar-refractivity contribution in [1.29, 1.82) is 0 Å². The summed E-state index contributed by atoms with van der Waals surface area (Å²) in [5.74, 6) is -0.297. The van der Waals surface area contributed by atoms with Crippen LogP contribution in [0.1, 0.15) is 10.5 Å². The lowest BCUT2D eigenvalue weighted by Gasteiger charge is -2.06. The van der Waals surface area contributed by atoms with Crippen LogP contribution < -0.4 is 21.7 Å². The van der Waals surface area contributed by atoms with Gasteiger partial charge in [0.1, 0.15) is 23.8 Å². The van der Waals surface area contributed by atoms with Gasteiger partial charge in [-0.25, -0.2) is 4.57 Å². The molecule has 2 aromatic heterocycles. The Morgan fingerprint density at radius 3 is 2.44 bits per heavy atom. The van der Waals surface area contributed by atoms with E-state index in [9.17, 15) is 13.2 Å². The fourth-order valence-corrected chi connectivity index (χ4v) is 3.03. The highest BCUT2D eigenvalue weighted by Gasteiger charge is 2.23. The topological polar surface area (TPSA) is 88.2 Å². The molecule has 10 heteroatoms. The minimum absolute atomic E-state index is 0. The second-order valence-corrected chi connectivity index (χ2v) is 7.70. The van der Waals surface area contributed by atoms with Gasteiger partial charge in [-0.15, -0.1) is 3.97 Å². The Bertz CT molecular complexity index is 1020. The number of carbonyl (C=O) groups excluding carboxylic acids is 1. The van der Waals surface area contributed by atoms with E-state index in [2.05, 4.69) is 10.3 Å². The molecule has 3 rings (SSSR count). The molecule has 8 nitrogen and oxygen atoms in total. The standard InChI is InChI=1S/C17H17N5O3S.ClH/c1-20(2)26(24,25)22-12-11-21(13-22)15-8-6-14(7-9-15)19-17(23)16-5-3-4-10-18-16;/h3-13H,1-2H3;1H. The van der Waals surface area contributed by atoms with Crippen molar-refractivity contribution in [3.63, 3.8) is 0 Å². The number of nitrogens with zero attached hydrogens (tertiary/aromatic N) is 4. The smallest absolute Gasteiger partial charge is 0.379 e. The molecule has 0 spiro atoms. The molecule has 0 saturated heterocycles. The number of halogens is 1. The Morgan fingerprint density at radius 1 is 1.15 bits per heavy atom. The molecule has 0 bridgehead atoms. The van der Waals surface area contributed by atoms with E-state index in [4.69, 9.17) is 0 Å². The predicted octanol–water partition coefficient (Wildman–Crippen LogP) is -1.93. The van der Waals surface area contributed by atoms with Crippen molar-refractivity contribution in [3.05, 3.63) is 73.1 Å². The summed E-state index contributed by atoms with van der Waals surface area (Å²) < 4.78 is 28.2. The molecular formula is C17H18ClN5O3S. The second-order valence-electron chi connectivity index (χ2n) is 5.66. The summed E-state index contributed by atoms with van der Waals surface area (Å²) in [7, 11) is -0.612. The van der Waals surface area contributed by atoms with Crippen LogP contribution in [0.3, 0.4) is 0 Å². The Balaban J connectivity index is 0.00000261. The Kier molecular flexibility index (Phi) is 6.32. The van der Waals surface area contributed by atoms with E-state index in [0.717, 1.165) is 14.0 Å². The Labute approximate surface area is 163 Å². The van der Waals surface area contributed by atoms with Crippen LogP contribution in [-0.4, -0.2) is 42.3 Å². The predicted molar refractivity (Wildman–Crippen MR) is 96.2 cm³/mol. The molecule has 1 amide bonds. The van der Waals surface area contributed by atoms with E-state index < -0.39 is 10.2 Å². The van der Waals surface area contributed by atoms with Crippen molar-refractivity contribution < 1.29 is 29.6 Å². The number of anilines is 1. The van der Waals surface area contributed by atoms with Crippen LogP contribution in [0.15, 0.2) is 67.4 Å². The van der Waals surface area contributed by atoms with Crippen LogP contribution >= 0.6 is 0 Å². The number of hydrogen-bond donors (Lipinski definition) is 1. The molecule has 27 heavy (non-hydrogen) atoms. The van der Waals surface area contributed by atoms with Gasteiger partial charge in [0.2, 0.25) is 0 Å². The van der Waals surface area contributed by atoms with E-state index in [1.165, 1.54) is 26.6 Å². The van der Waals surface area contributed by atoms with Gasteiger partial charge in [-0.3, -0.25) is 9.78 Å². The van der Waals surface area contributed by atoms with Crippen molar-refractivity contribution >= 4 is 21.8 Å². The second kappa shape index (κ2) is 8.30. The molecule has 0 unspecified atom stereocenters. The number of imidazole rings is 1. The van der Waals surface area contributed by atoms with E-state index >= 15 is 0 Å². The van der Waals surface area contributed by atoms with E-state index in [1.807, 2.05) is 0 Å². The maximum Gasteiger partial charge on any atom is 0.379 e. The lowest BCUT2D eigenvalue weighted by molar-refractivity contribution is -0.514. The van der Waals surface area contributed by atoms with Crippen LogP contribution in [0.4, 0.5) is 5.69 Å². The number of benzene rings is 1. The van der Waals surface area contributed by atoms with Crippen molar-refractivity contribution in [2.24, 2.45) is 0 Å². The SMILES string of the molecule is CN(C)S(=O)(=O)[n+]1ccn(-c2ccc(NC(=O)c3ccccn3)cc2)c1.[Cl-]. The summed E-state index contributed by atoms with van der Waals surface area (Å²) >= 11 is 0. The lowest BCUT2D eigenvalue weighted by atomic mass is 10.2. The molecule has 0 saturated carbocycles. The number of amides is 1. The Morgan fingerprint density at radius 2 is 1.85 bits per heavy atom. The minimum Gasteiger partial charge on any atom is -1.00 e. The zero-order valence-electron chi connectivity index (χ0n) is 14.7. The molecular weight excluding hydrogens is 390 g/mol. The lowest BCUT2D eigenvalue weighted by Crippen LogP contribution is -3.00. The molecule has 0 aliphatic carbocycles. The zero-order valence-corrected chi connectivity index (χ0v) is 16.2. The van der Waals surface area contributed by atoms with Gasteiger partial charge in [-0.1, -0.05) is 6.07 Å². The van der Waals surface area contributed by atoms with Crippen molar-refractivity contribution in [2.45, 2.75) is 0 Å². The normalized spacial score (nSPS) is 11.1. The van der Waals surface area contributed by atoms with Gasteiger partial charge in [-0.05, 0) is 36.4 Å². The fourth-order valence-electron chi connectivity index (χ4n) is 2.22. The monoisotopic (exact) mass is 407 g/mol. The quantitative estimate of drug-likeness (QED) is 0.499. The summed E-state index contributed by atoms with van der Waals surface area (Å²) in [6, 6.07) is 12.1. The molecule has 0 aliphatic rings. The number of carbonyl (C=O) groups is 1. The van der Waals surface area contributed by atoms with Gasteiger partial charge in [0.15, 0.2) is 0 Å². The molecule has 0 atom stereocenters. The largest absolute Gasteiger partial charge is 1.00 e. The number of hydrogen-bond acceptors (Lipinski definition) is 4. The maximum atomic E-state index is 12.1. The highest BCUT2D eigenvalue weighted by atomic mass is 35.5. The van der Waals surface area contributed by atoms with Crippen LogP contribution in [0.2, 0.25) is 0 Å². The molecule has 1 aromatic carbocycles. The molecule has 1 N–H and O–H groups in total. The summed E-state index contributed by atoms with van der Waals surface area (Å²) in [5, 5.41) is 2.76. The van der Waals surface area contributed by atoms with Gasteiger partial charge in [-0.2, -0.15) is 12.7 Å². The van der Waals surface area contributed by atoms with Gasteiger partial charge < -0.3 is 17.7 Å². The minimum atomic E-state index is -3.55. The third kappa shape index (κ3) is 4.51. The molecule has 0 fully saturated rings. The first-order valence-corrected chi connectivity index (χ1v) is 9.13. The maximum absolute atomic E-state index is 12.1. The molecule has 3 aromatic rings. The van der Waals surface area contributed by atoms with Gasteiger partial charge in [0.05, 0.1) is 0 Å². The molecule has 142 valence electrons. The van der Waals surface area contributed by atoms with Crippen molar-refractivity contribution in [1.82, 2.24) is 13.9 Å². The summed E-state index contributed by atoms with van der Waals surface area (Å²) in [5.41, 5.74) is 1.70. The first-order valence-electron chi connectivity index (χ1n) is 7.73. The van der Waals surface area contributed by atoms with E-state index in [1.54, 1.807) is 59.4 Å². The van der Waals surface area contributed by atoms with Crippen LogP contribution in [0.5, 0.6) is 0 Å². The highest BCUT2D eigenvalue weighted by Crippen LogP contribution is 2.14. The average Bonchev–Trinajstić information content (AvgIpc) is 3.14. The first-order chi connectivity index (χ1) is 12.4. The highest BCUT2D eigenvalue weighted by molar-refractivity contribution is 7.82. The molecule has 0 aliphatic heterocycles. The summed E-state index contributed by atoms with van der Waals surface area (Å²) in [4.78, 5) is 16.1. The van der Waals surface area contributed by atoms with Crippen molar-refractivity contribution in [3.8, 4) is 5.69 Å². The third-order valence-corrected chi connectivity index (χ3v) is 5.33. The number of aromatic nitrogens is 3. The fraction of sp³-hybridized carbons (Fsp3) is 0.118. The summed E-state index contributed by atoms with van der Waals surface area (Å²) in [6.45, 7) is 0. The van der Waals surface area contributed by atoms with Gasteiger partial charge >= 0.3 is 10.2 Å². The van der Waals surface area contributed by atoms with Crippen LogP contribution in [-0.2, 0) is 10.2 Å². The summed E-state index contributed by atoms with van der Waals surface area (Å²) in [6.07, 6.45) is 6.13. The number of nitrogens with one attached hydrogen (secondary N) is 1. The van der Waals surface area contributed by atoms with E-state index in [0.29, 0.717) is 11.4 Å². The molecule has 0 radical (unpaired) electrons. The zero-order chi connectivity index (χ0) is 18.7. The van der Waals surface area contributed by atoms with Gasteiger partial charge in [0.25, 0.3) is 12.2 Å². The van der Waals surface area contributed by atoms with Gasteiger partial charge in [0, 0.05) is 26.0 Å². The molecule has 2 heterocycles. The van der Waals surface area contributed by atoms with Crippen molar-refractivity contribution in [2.75, 3.05) is 19.4 Å². The van der Waals surface area contributed by atoms with Crippen LogP contribution in [0, 0.1) is 0 Å². The number of pyridine rings is 1. The third-order valence-electron chi connectivity index (χ3n) is 3.66.